The molecule has 1 aromatic rings. The molecule has 1 aromatic carbocycles. The standard InChI is InChI=1S/C21H28ClN3O3/c1-4-28-20(26)18-17(12-25-10-13(2)9-14(3)11-25)23-21(27)24-19(18)15-5-7-16(22)8-6-15/h5-8,13-14,19H,4,9-12H2,1-3H3,(H2,23,24,27)/t13-,14+,19-/m1/s1. The lowest BCUT2D eigenvalue weighted by Gasteiger charge is -2.37. The number of likely N-dealkylation sites (tertiary alicyclic amines) is 1. The molecular formula is C21H28ClN3O3. The van der Waals surface area contributed by atoms with E-state index in [-0.39, 0.29) is 12.6 Å². The summed E-state index contributed by atoms with van der Waals surface area (Å²) in [5.74, 6) is 0.753. The van der Waals surface area contributed by atoms with Gasteiger partial charge in [-0.25, -0.2) is 9.59 Å². The molecule has 2 aliphatic rings. The number of benzene rings is 1. The molecule has 152 valence electrons. The number of carbonyl (C=O) groups excluding carboxylic acids is 2. The predicted molar refractivity (Wildman–Crippen MR) is 109 cm³/mol. The Hall–Kier alpha value is -2.05. The third-order valence-corrected chi connectivity index (χ3v) is 5.43. The number of hydrogen-bond donors (Lipinski definition) is 2. The average Bonchev–Trinajstić information content (AvgIpc) is 2.61. The molecule has 0 spiro atoms. The molecule has 7 heteroatoms. The molecule has 1 fully saturated rings. The molecule has 0 aliphatic carbocycles. The van der Waals surface area contributed by atoms with E-state index in [9.17, 15) is 9.59 Å². The van der Waals surface area contributed by atoms with Gasteiger partial charge in [0.2, 0.25) is 0 Å². The summed E-state index contributed by atoms with van der Waals surface area (Å²) >= 11 is 6.00. The van der Waals surface area contributed by atoms with Crippen LogP contribution < -0.4 is 10.6 Å². The van der Waals surface area contributed by atoms with E-state index < -0.39 is 12.0 Å². The summed E-state index contributed by atoms with van der Waals surface area (Å²) in [5.41, 5.74) is 1.86. The molecule has 2 aliphatic heterocycles. The van der Waals surface area contributed by atoms with Crippen LogP contribution in [-0.4, -0.2) is 43.1 Å². The fraction of sp³-hybridized carbons (Fsp3) is 0.524. The quantitative estimate of drug-likeness (QED) is 0.735. The van der Waals surface area contributed by atoms with Crippen LogP contribution in [0.3, 0.4) is 0 Å². The van der Waals surface area contributed by atoms with Crippen molar-refractivity contribution >= 4 is 23.6 Å². The van der Waals surface area contributed by atoms with Gasteiger partial charge in [-0.3, -0.25) is 4.90 Å². The number of hydrogen-bond acceptors (Lipinski definition) is 4. The van der Waals surface area contributed by atoms with Crippen LogP contribution in [0.2, 0.25) is 5.02 Å². The van der Waals surface area contributed by atoms with Crippen molar-refractivity contribution in [2.75, 3.05) is 26.2 Å². The SMILES string of the molecule is CCOC(=O)C1=C(CN2C[C@H](C)C[C@H](C)C2)NC(=O)N[C@@H]1c1ccc(Cl)cc1. The average molecular weight is 406 g/mol. The largest absolute Gasteiger partial charge is 0.463 e. The number of esters is 1. The van der Waals surface area contributed by atoms with Crippen LogP contribution >= 0.6 is 11.6 Å². The zero-order valence-electron chi connectivity index (χ0n) is 16.6. The van der Waals surface area contributed by atoms with E-state index in [2.05, 4.69) is 29.4 Å². The topological polar surface area (TPSA) is 70.7 Å². The lowest BCUT2D eigenvalue weighted by molar-refractivity contribution is -0.139. The molecule has 3 rings (SSSR count). The number of rotatable bonds is 5. The number of amides is 2. The maximum atomic E-state index is 12.8. The van der Waals surface area contributed by atoms with Crippen molar-refractivity contribution in [3.63, 3.8) is 0 Å². The van der Waals surface area contributed by atoms with Crippen molar-refractivity contribution in [2.24, 2.45) is 11.8 Å². The molecule has 0 aromatic heterocycles. The van der Waals surface area contributed by atoms with E-state index in [1.807, 2.05) is 12.1 Å². The Morgan fingerprint density at radius 3 is 2.46 bits per heavy atom. The fourth-order valence-corrected chi connectivity index (χ4v) is 4.37. The minimum atomic E-state index is -0.570. The van der Waals surface area contributed by atoms with Gasteiger partial charge in [-0.05, 0) is 42.9 Å². The summed E-state index contributed by atoms with van der Waals surface area (Å²) in [7, 11) is 0. The van der Waals surface area contributed by atoms with Gasteiger partial charge >= 0.3 is 12.0 Å². The van der Waals surface area contributed by atoms with Crippen LogP contribution in [0.4, 0.5) is 4.79 Å². The maximum absolute atomic E-state index is 12.8. The molecule has 2 heterocycles. The Morgan fingerprint density at radius 1 is 1.21 bits per heavy atom. The summed E-state index contributed by atoms with van der Waals surface area (Å²) in [6.45, 7) is 8.92. The first kappa shape index (κ1) is 20.7. The first-order valence-corrected chi connectivity index (χ1v) is 10.2. The monoisotopic (exact) mass is 405 g/mol. The van der Waals surface area contributed by atoms with Crippen molar-refractivity contribution in [1.82, 2.24) is 15.5 Å². The predicted octanol–water partition coefficient (Wildman–Crippen LogP) is 3.49. The van der Waals surface area contributed by atoms with E-state index in [1.165, 1.54) is 6.42 Å². The third-order valence-electron chi connectivity index (χ3n) is 5.18. The summed E-state index contributed by atoms with van der Waals surface area (Å²) in [6.07, 6.45) is 1.20. The molecule has 1 saturated heterocycles. The van der Waals surface area contributed by atoms with E-state index >= 15 is 0 Å². The van der Waals surface area contributed by atoms with Gasteiger partial charge in [0.15, 0.2) is 0 Å². The van der Waals surface area contributed by atoms with Crippen molar-refractivity contribution < 1.29 is 14.3 Å². The van der Waals surface area contributed by atoms with Crippen LogP contribution in [0.5, 0.6) is 0 Å². The molecule has 0 radical (unpaired) electrons. The highest BCUT2D eigenvalue weighted by molar-refractivity contribution is 6.30. The second-order valence-corrected chi connectivity index (χ2v) is 8.27. The first-order valence-electron chi connectivity index (χ1n) is 9.82. The zero-order valence-corrected chi connectivity index (χ0v) is 17.4. The van der Waals surface area contributed by atoms with Gasteiger partial charge in [-0.2, -0.15) is 0 Å². The van der Waals surface area contributed by atoms with E-state index in [0.717, 1.165) is 18.7 Å². The van der Waals surface area contributed by atoms with Crippen LogP contribution in [0.25, 0.3) is 0 Å². The Kier molecular flexibility index (Phi) is 6.62. The summed E-state index contributed by atoms with van der Waals surface area (Å²) in [5, 5.41) is 6.31. The van der Waals surface area contributed by atoms with Gasteiger partial charge in [0.05, 0.1) is 18.2 Å². The van der Waals surface area contributed by atoms with Crippen molar-refractivity contribution in [3.8, 4) is 0 Å². The Labute approximate surface area is 171 Å². The van der Waals surface area contributed by atoms with E-state index in [4.69, 9.17) is 16.3 Å². The van der Waals surface area contributed by atoms with Gasteiger partial charge in [0, 0.05) is 30.4 Å². The molecule has 3 atom stereocenters. The van der Waals surface area contributed by atoms with Gasteiger partial charge < -0.3 is 15.4 Å². The summed E-state index contributed by atoms with van der Waals surface area (Å²) < 4.78 is 5.32. The van der Waals surface area contributed by atoms with Crippen LogP contribution in [0.1, 0.15) is 38.8 Å². The first-order chi connectivity index (χ1) is 13.4. The molecule has 0 bridgehead atoms. The third kappa shape index (κ3) is 4.86. The minimum Gasteiger partial charge on any atom is -0.463 e. The number of urea groups is 1. The lowest BCUT2D eigenvalue weighted by atomic mass is 9.91. The molecule has 0 saturated carbocycles. The minimum absolute atomic E-state index is 0.273. The van der Waals surface area contributed by atoms with Gasteiger partial charge in [0.25, 0.3) is 0 Å². The second-order valence-electron chi connectivity index (χ2n) is 7.84. The van der Waals surface area contributed by atoms with Gasteiger partial charge in [0.1, 0.15) is 0 Å². The van der Waals surface area contributed by atoms with Crippen molar-refractivity contribution in [1.29, 1.82) is 0 Å². The summed E-state index contributed by atoms with van der Waals surface area (Å²) in [4.78, 5) is 27.5. The van der Waals surface area contributed by atoms with Crippen molar-refractivity contribution in [2.45, 2.75) is 33.2 Å². The zero-order chi connectivity index (χ0) is 20.3. The van der Waals surface area contributed by atoms with Crippen LogP contribution in [0, 0.1) is 11.8 Å². The van der Waals surface area contributed by atoms with Gasteiger partial charge in [-0.15, -0.1) is 0 Å². The smallest absolute Gasteiger partial charge is 0.338 e. The van der Waals surface area contributed by atoms with Crippen LogP contribution in [0.15, 0.2) is 35.5 Å². The van der Waals surface area contributed by atoms with Crippen LogP contribution in [-0.2, 0) is 9.53 Å². The number of nitrogens with one attached hydrogen (secondary N) is 2. The Balaban J connectivity index is 1.96. The second kappa shape index (κ2) is 8.97. The van der Waals surface area contributed by atoms with E-state index in [1.54, 1.807) is 19.1 Å². The Bertz CT molecular complexity index is 753. The molecule has 2 amide bonds. The lowest BCUT2D eigenvalue weighted by Crippen LogP contribution is -2.50. The number of carbonyl (C=O) groups is 2. The number of piperidine rings is 1. The highest BCUT2D eigenvalue weighted by Crippen LogP contribution is 2.30. The molecule has 2 N–H and O–H groups in total. The molecule has 28 heavy (non-hydrogen) atoms. The fourth-order valence-electron chi connectivity index (χ4n) is 4.24. The van der Waals surface area contributed by atoms with E-state index in [0.29, 0.717) is 34.7 Å². The number of halogens is 1. The van der Waals surface area contributed by atoms with Crippen molar-refractivity contribution in [3.05, 3.63) is 46.1 Å². The molecule has 0 unspecified atom stereocenters. The Morgan fingerprint density at radius 2 is 1.86 bits per heavy atom. The molecular weight excluding hydrogens is 378 g/mol. The number of ether oxygens (including phenoxy) is 1. The maximum Gasteiger partial charge on any atom is 0.338 e. The highest BCUT2D eigenvalue weighted by Gasteiger charge is 2.35. The molecule has 6 nitrogen and oxygen atoms in total. The van der Waals surface area contributed by atoms with Gasteiger partial charge in [-0.1, -0.05) is 37.6 Å². The summed E-state index contributed by atoms with van der Waals surface area (Å²) in [6, 6.07) is 6.25. The highest BCUT2D eigenvalue weighted by atomic mass is 35.5. The number of nitrogens with zero attached hydrogens (tertiary/aromatic N) is 1. The normalized spacial score (nSPS) is 25.9.